The number of rotatable bonds is 4. The Bertz CT molecular complexity index is 597. The molecule has 17 heavy (non-hydrogen) atoms. The molecule has 0 aliphatic rings. The van der Waals surface area contributed by atoms with Gasteiger partial charge in [-0.1, -0.05) is 49.6 Å². The number of hydrogen-bond acceptors (Lipinski definition) is 3. The minimum atomic E-state index is 0.109. The summed E-state index contributed by atoms with van der Waals surface area (Å²) in [7, 11) is 0. The smallest absolute Gasteiger partial charge is 0.123 e. The molecule has 0 atom stereocenters. The van der Waals surface area contributed by atoms with Gasteiger partial charge in [-0.05, 0) is 16.6 Å². The van der Waals surface area contributed by atoms with Gasteiger partial charge in [-0.15, -0.1) is 4.91 Å². The van der Waals surface area contributed by atoms with Crippen LogP contribution in [0.1, 0.15) is 0 Å². The third-order valence-electron chi connectivity index (χ3n) is 2.53. The highest BCUT2D eigenvalue weighted by Gasteiger charge is 2.03. The summed E-state index contributed by atoms with van der Waals surface area (Å²) in [5, 5.41) is 7.99. The van der Waals surface area contributed by atoms with E-state index in [0.29, 0.717) is 5.70 Å². The fraction of sp³-hybridized carbons (Fsp3) is 0. The topological polar surface area (TPSA) is 41.5 Å². The van der Waals surface area contributed by atoms with Gasteiger partial charge in [-0.3, -0.25) is 0 Å². The van der Waals surface area contributed by atoms with Crippen molar-refractivity contribution in [2.75, 3.05) is 5.32 Å². The summed E-state index contributed by atoms with van der Waals surface area (Å²) >= 11 is 0. The molecular weight excluding hydrogens is 212 g/mol. The SMILES string of the molecule is C=C(N=O)C(=C)Nc1cccc2ccccc12. The van der Waals surface area contributed by atoms with Crippen molar-refractivity contribution in [1.82, 2.24) is 0 Å². The number of nitrogens with one attached hydrogen (secondary N) is 1. The molecule has 0 unspecified atom stereocenters. The van der Waals surface area contributed by atoms with Crippen LogP contribution in [0.5, 0.6) is 0 Å². The summed E-state index contributed by atoms with van der Waals surface area (Å²) in [6, 6.07) is 13.9. The average Bonchev–Trinajstić information content (AvgIpc) is 2.38. The van der Waals surface area contributed by atoms with E-state index in [2.05, 4.69) is 23.7 Å². The minimum Gasteiger partial charge on any atom is -0.354 e. The lowest BCUT2D eigenvalue weighted by atomic mass is 10.1. The lowest BCUT2D eigenvalue weighted by Crippen LogP contribution is -1.99. The molecule has 1 N–H and O–H groups in total. The fourth-order valence-corrected chi connectivity index (χ4v) is 1.62. The van der Waals surface area contributed by atoms with E-state index < -0.39 is 0 Å². The monoisotopic (exact) mass is 224 g/mol. The second kappa shape index (κ2) is 4.61. The quantitative estimate of drug-likeness (QED) is 0.628. The molecule has 0 spiro atoms. The summed E-state index contributed by atoms with van der Waals surface area (Å²) in [6.07, 6.45) is 0. The first-order valence-corrected chi connectivity index (χ1v) is 5.18. The second-order valence-electron chi connectivity index (χ2n) is 3.67. The maximum Gasteiger partial charge on any atom is 0.123 e. The molecule has 2 rings (SSSR count). The maximum atomic E-state index is 10.3. The van der Waals surface area contributed by atoms with Crippen molar-refractivity contribution in [2.24, 2.45) is 5.18 Å². The summed E-state index contributed by atoms with van der Waals surface area (Å²) in [5.41, 5.74) is 1.41. The van der Waals surface area contributed by atoms with E-state index in [-0.39, 0.29) is 5.70 Å². The first-order chi connectivity index (χ1) is 8.22. The summed E-state index contributed by atoms with van der Waals surface area (Å²) < 4.78 is 0. The van der Waals surface area contributed by atoms with Gasteiger partial charge in [-0.2, -0.15) is 0 Å². The van der Waals surface area contributed by atoms with Gasteiger partial charge in [0, 0.05) is 11.1 Å². The first kappa shape index (κ1) is 11.1. The molecule has 0 bridgehead atoms. The van der Waals surface area contributed by atoms with E-state index in [0.717, 1.165) is 16.5 Å². The molecular formula is C14H12N2O. The van der Waals surface area contributed by atoms with Crippen molar-refractivity contribution in [3.05, 3.63) is 71.9 Å². The van der Waals surface area contributed by atoms with Crippen LogP contribution in [0.15, 0.2) is 72.2 Å². The van der Waals surface area contributed by atoms with Crippen molar-refractivity contribution in [1.29, 1.82) is 0 Å². The van der Waals surface area contributed by atoms with Crippen molar-refractivity contribution < 1.29 is 0 Å². The van der Waals surface area contributed by atoms with E-state index in [1.54, 1.807) is 0 Å². The largest absolute Gasteiger partial charge is 0.354 e. The van der Waals surface area contributed by atoms with Crippen LogP contribution in [0, 0.1) is 4.91 Å². The zero-order valence-corrected chi connectivity index (χ0v) is 9.31. The highest BCUT2D eigenvalue weighted by Crippen LogP contribution is 2.25. The van der Waals surface area contributed by atoms with Gasteiger partial charge in [-0.25, -0.2) is 0 Å². The summed E-state index contributed by atoms with van der Waals surface area (Å²) in [6.45, 7) is 7.23. The van der Waals surface area contributed by atoms with Gasteiger partial charge in [0.15, 0.2) is 0 Å². The Morgan fingerprint density at radius 3 is 2.53 bits per heavy atom. The van der Waals surface area contributed by atoms with Crippen LogP contribution in [-0.2, 0) is 0 Å². The highest BCUT2D eigenvalue weighted by atomic mass is 16.3. The Hall–Kier alpha value is -2.42. The summed E-state index contributed by atoms with van der Waals surface area (Å²) in [4.78, 5) is 10.3. The van der Waals surface area contributed by atoms with E-state index >= 15 is 0 Å². The highest BCUT2D eigenvalue weighted by molar-refractivity contribution is 5.94. The van der Waals surface area contributed by atoms with Crippen molar-refractivity contribution in [3.8, 4) is 0 Å². The molecule has 84 valence electrons. The van der Waals surface area contributed by atoms with Crippen molar-refractivity contribution in [3.63, 3.8) is 0 Å². The third kappa shape index (κ3) is 2.23. The Labute approximate surface area is 99.4 Å². The van der Waals surface area contributed by atoms with Crippen LogP contribution < -0.4 is 5.32 Å². The molecule has 0 aliphatic carbocycles. The molecule has 0 radical (unpaired) electrons. The minimum absolute atomic E-state index is 0.109. The molecule has 0 heterocycles. The van der Waals surface area contributed by atoms with Crippen LogP contribution >= 0.6 is 0 Å². The maximum absolute atomic E-state index is 10.3. The number of benzene rings is 2. The van der Waals surface area contributed by atoms with Crippen LogP contribution in [0.3, 0.4) is 0 Å². The number of fused-ring (bicyclic) bond motifs is 1. The molecule has 3 nitrogen and oxygen atoms in total. The molecule has 3 heteroatoms. The number of nitrogens with zero attached hydrogens (tertiary/aromatic N) is 1. The van der Waals surface area contributed by atoms with Gasteiger partial charge in [0.2, 0.25) is 0 Å². The Morgan fingerprint density at radius 2 is 1.76 bits per heavy atom. The van der Waals surface area contributed by atoms with E-state index in [1.165, 1.54) is 0 Å². The van der Waals surface area contributed by atoms with E-state index in [9.17, 15) is 4.91 Å². The molecule has 0 fully saturated rings. The Morgan fingerprint density at radius 1 is 1.06 bits per heavy atom. The summed E-state index contributed by atoms with van der Waals surface area (Å²) in [5.74, 6) is 0. The van der Waals surface area contributed by atoms with E-state index in [1.807, 2.05) is 42.5 Å². The third-order valence-corrected chi connectivity index (χ3v) is 2.53. The predicted molar refractivity (Wildman–Crippen MR) is 71.6 cm³/mol. The normalized spacial score (nSPS) is 9.88. The van der Waals surface area contributed by atoms with Crippen LogP contribution in [0.4, 0.5) is 5.69 Å². The lowest BCUT2D eigenvalue weighted by Gasteiger charge is -2.10. The molecule has 0 saturated carbocycles. The van der Waals surface area contributed by atoms with Gasteiger partial charge >= 0.3 is 0 Å². The van der Waals surface area contributed by atoms with Crippen LogP contribution in [0.2, 0.25) is 0 Å². The van der Waals surface area contributed by atoms with Crippen LogP contribution in [0.25, 0.3) is 10.8 Å². The Balaban J connectivity index is 2.39. The molecule has 0 amide bonds. The standard InChI is InChI=1S/C14H12N2O/c1-10(11(2)16-17)15-14-9-5-7-12-6-3-4-8-13(12)14/h3-9,15H,1-2H2. The first-order valence-electron chi connectivity index (χ1n) is 5.18. The zero-order valence-electron chi connectivity index (χ0n) is 9.31. The van der Waals surface area contributed by atoms with Gasteiger partial charge in [0.25, 0.3) is 0 Å². The zero-order chi connectivity index (χ0) is 12.3. The van der Waals surface area contributed by atoms with Gasteiger partial charge < -0.3 is 5.32 Å². The number of nitroso groups, excluding NO2 is 1. The Kier molecular flexibility index (Phi) is 3.01. The van der Waals surface area contributed by atoms with E-state index in [4.69, 9.17) is 0 Å². The van der Waals surface area contributed by atoms with Crippen LogP contribution in [-0.4, -0.2) is 0 Å². The van der Waals surface area contributed by atoms with Gasteiger partial charge in [0.1, 0.15) is 5.70 Å². The van der Waals surface area contributed by atoms with Crippen molar-refractivity contribution in [2.45, 2.75) is 0 Å². The average molecular weight is 224 g/mol. The van der Waals surface area contributed by atoms with Gasteiger partial charge in [0.05, 0.1) is 5.70 Å². The second-order valence-corrected chi connectivity index (χ2v) is 3.67. The molecule has 0 saturated heterocycles. The molecule has 0 aromatic heterocycles. The number of hydrogen-bond donors (Lipinski definition) is 1. The molecule has 2 aromatic carbocycles. The molecule has 2 aromatic rings. The fourth-order valence-electron chi connectivity index (χ4n) is 1.62. The number of anilines is 1. The predicted octanol–water partition coefficient (Wildman–Crippen LogP) is 4.05. The van der Waals surface area contributed by atoms with Crippen molar-refractivity contribution >= 4 is 16.5 Å². The lowest BCUT2D eigenvalue weighted by molar-refractivity contribution is 1.30. The molecule has 0 aliphatic heterocycles.